The van der Waals surface area contributed by atoms with E-state index in [-0.39, 0.29) is 35.3 Å². The molecule has 3 aromatic rings. The molecular weight excluding hydrogens is 511 g/mol. The molecule has 1 aromatic heterocycles. The minimum absolute atomic E-state index is 0.0157. The van der Waals surface area contributed by atoms with E-state index in [1.807, 2.05) is 43.0 Å². The summed E-state index contributed by atoms with van der Waals surface area (Å²) in [5.74, 6) is -1.53. The van der Waals surface area contributed by atoms with Gasteiger partial charge in [0.25, 0.3) is 5.91 Å². The van der Waals surface area contributed by atoms with Gasteiger partial charge >= 0.3 is 5.97 Å². The van der Waals surface area contributed by atoms with E-state index >= 15 is 0 Å². The number of amides is 2. The molecule has 2 aromatic carbocycles. The first-order valence-electron chi connectivity index (χ1n) is 12.0. The molecule has 38 heavy (non-hydrogen) atoms. The Morgan fingerprint density at radius 1 is 1.13 bits per heavy atom. The van der Waals surface area contributed by atoms with Crippen molar-refractivity contribution < 1.29 is 23.5 Å². The summed E-state index contributed by atoms with van der Waals surface area (Å²) in [6, 6.07) is 13.1. The minimum atomic E-state index is -1.04. The first kappa shape index (κ1) is 27.1. The monoisotopic (exact) mass is 538 g/mol. The van der Waals surface area contributed by atoms with Crippen LogP contribution in [-0.4, -0.2) is 50.0 Å². The molecule has 198 valence electrons. The summed E-state index contributed by atoms with van der Waals surface area (Å²) in [5, 5.41) is 5.05. The SMILES string of the molecule is CNC(=O)c1cc(Cl)c(F)cc1NC(=O)C1(c2ccccc2C(C)C)CN(c2cc(C(=O)OC)ccn2)C1. The molecule has 1 aliphatic rings. The van der Waals surface area contributed by atoms with Crippen molar-refractivity contribution in [3.63, 3.8) is 0 Å². The number of ether oxygens (including phenoxy) is 1. The number of pyridine rings is 1. The molecule has 1 aliphatic heterocycles. The van der Waals surface area contributed by atoms with Gasteiger partial charge in [-0.3, -0.25) is 9.59 Å². The lowest BCUT2D eigenvalue weighted by molar-refractivity contribution is -0.122. The molecule has 2 heterocycles. The number of esters is 1. The summed E-state index contributed by atoms with van der Waals surface area (Å²) >= 11 is 5.92. The van der Waals surface area contributed by atoms with E-state index in [9.17, 15) is 18.8 Å². The van der Waals surface area contributed by atoms with E-state index in [4.69, 9.17) is 16.3 Å². The number of hydrogen-bond donors (Lipinski definition) is 2. The molecule has 0 saturated carbocycles. The van der Waals surface area contributed by atoms with E-state index in [1.165, 1.54) is 26.4 Å². The van der Waals surface area contributed by atoms with Crippen LogP contribution in [-0.2, 0) is 14.9 Å². The Morgan fingerprint density at radius 2 is 1.84 bits per heavy atom. The fourth-order valence-corrected chi connectivity index (χ4v) is 4.85. The van der Waals surface area contributed by atoms with E-state index < -0.39 is 29.0 Å². The smallest absolute Gasteiger partial charge is 0.338 e. The summed E-state index contributed by atoms with van der Waals surface area (Å²) < 4.78 is 19.2. The zero-order chi connectivity index (χ0) is 27.6. The van der Waals surface area contributed by atoms with Gasteiger partial charge < -0.3 is 20.3 Å². The van der Waals surface area contributed by atoms with Gasteiger partial charge in [-0.1, -0.05) is 49.7 Å². The molecule has 0 atom stereocenters. The van der Waals surface area contributed by atoms with Crippen LogP contribution >= 0.6 is 11.6 Å². The summed E-state index contributed by atoms with van der Waals surface area (Å²) in [5.41, 5.74) is 1.18. The average Bonchev–Trinajstić information content (AvgIpc) is 2.89. The van der Waals surface area contributed by atoms with Crippen LogP contribution in [0.1, 0.15) is 51.6 Å². The number of carbonyl (C=O) groups excluding carboxylic acids is 3. The quantitative estimate of drug-likeness (QED) is 0.428. The second-order valence-corrected chi connectivity index (χ2v) is 9.83. The first-order chi connectivity index (χ1) is 18.1. The van der Waals surface area contributed by atoms with Gasteiger partial charge in [-0.05, 0) is 41.3 Å². The fraction of sp³-hybridized carbons (Fsp3) is 0.286. The van der Waals surface area contributed by atoms with Crippen molar-refractivity contribution in [3.8, 4) is 0 Å². The summed E-state index contributed by atoms with van der Waals surface area (Å²) in [6.07, 6.45) is 1.51. The van der Waals surface area contributed by atoms with Gasteiger partial charge in [-0.2, -0.15) is 0 Å². The standard InChI is InChI=1S/C28H28ClFN4O4/c1-16(2)18-7-5-6-8-20(18)28(14-34(15-28)24-11-17(9-10-32-24)26(36)38-4)27(37)33-23-13-22(30)21(29)12-19(23)25(35)31-3/h5-13,16H,14-15H2,1-4H3,(H,31,35)(H,33,37). The van der Waals surface area contributed by atoms with Gasteiger partial charge in [-0.25, -0.2) is 14.2 Å². The number of methoxy groups -OCH3 is 1. The van der Waals surface area contributed by atoms with E-state index in [2.05, 4.69) is 15.6 Å². The average molecular weight is 539 g/mol. The third-order valence-corrected chi connectivity index (χ3v) is 7.02. The highest BCUT2D eigenvalue weighted by Gasteiger charge is 2.52. The minimum Gasteiger partial charge on any atom is -0.465 e. The molecule has 0 aliphatic carbocycles. The summed E-state index contributed by atoms with van der Waals surface area (Å²) in [6.45, 7) is 4.57. The maximum atomic E-state index is 14.4. The Kier molecular flexibility index (Phi) is 7.68. The lowest BCUT2D eigenvalue weighted by Crippen LogP contribution is -2.66. The maximum Gasteiger partial charge on any atom is 0.338 e. The number of nitrogens with one attached hydrogen (secondary N) is 2. The largest absolute Gasteiger partial charge is 0.465 e. The molecule has 0 radical (unpaired) electrons. The molecule has 0 bridgehead atoms. The topological polar surface area (TPSA) is 101 Å². The Hall–Kier alpha value is -3.98. The number of nitrogens with zero attached hydrogens (tertiary/aromatic N) is 2. The van der Waals surface area contributed by atoms with Crippen LogP contribution in [0.15, 0.2) is 54.7 Å². The third-order valence-electron chi connectivity index (χ3n) is 6.73. The van der Waals surface area contributed by atoms with Crippen LogP contribution in [0, 0.1) is 5.82 Å². The summed E-state index contributed by atoms with van der Waals surface area (Å²) in [4.78, 5) is 44.8. The van der Waals surface area contributed by atoms with Gasteiger partial charge in [0, 0.05) is 26.3 Å². The molecule has 2 N–H and O–H groups in total. The van der Waals surface area contributed by atoms with Crippen molar-refractivity contribution in [3.05, 3.63) is 87.8 Å². The van der Waals surface area contributed by atoms with Gasteiger partial charge in [-0.15, -0.1) is 0 Å². The van der Waals surface area contributed by atoms with Crippen LogP contribution in [0.3, 0.4) is 0 Å². The number of anilines is 2. The molecule has 2 amide bonds. The predicted octanol–water partition coefficient (Wildman–Crippen LogP) is 4.54. The molecule has 1 saturated heterocycles. The zero-order valence-corrected chi connectivity index (χ0v) is 22.2. The number of halogens is 2. The zero-order valence-electron chi connectivity index (χ0n) is 21.5. The molecular formula is C28H28ClFN4O4. The molecule has 1 fully saturated rings. The van der Waals surface area contributed by atoms with Crippen molar-refractivity contribution in [2.75, 3.05) is 37.5 Å². The van der Waals surface area contributed by atoms with Crippen LogP contribution in [0.2, 0.25) is 5.02 Å². The lowest BCUT2D eigenvalue weighted by atomic mass is 9.69. The maximum absolute atomic E-state index is 14.4. The van der Waals surface area contributed by atoms with Crippen LogP contribution < -0.4 is 15.5 Å². The first-order valence-corrected chi connectivity index (χ1v) is 12.4. The van der Waals surface area contributed by atoms with Crippen LogP contribution in [0.5, 0.6) is 0 Å². The van der Waals surface area contributed by atoms with Crippen LogP contribution in [0.4, 0.5) is 15.9 Å². The number of benzene rings is 2. The number of carbonyl (C=O) groups is 3. The number of aromatic nitrogens is 1. The highest BCUT2D eigenvalue weighted by Crippen LogP contribution is 2.42. The van der Waals surface area contributed by atoms with Crippen molar-refractivity contribution in [1.29, 1.82) is 0 Å². The lowest BCUT2D eigenvalue weighted by Gasteiger charge is -2.50. The highest BCUT2D eigenvalue weighted by molar-refractivity contribution is 6.31. The Balaban J connectivity index is 1.75. The van der Waals surface area contributed by atoms with Gasteiger partial charge in [0.05, 0.1) is 28.9 Å². The molecule has 0 unspecified atom stereocenters. The molecule has 4 rings (SSSR count). The van der Waals surface area contributed by atoms with E-state index in [0.29, 0.717) is 11.4 Å². The van der Waals surface area contributed by atoms with E-state index in [0.717, 1.165) is 17.2 Å². The van der Waals surface area contributed by atoms with Crippen molar-refractivity contribution in [2.45, 2.75) is 25.2 Å². The van der Waals surface area contributed by atoms with Gasteiger partial charge in [0.2, 0.25) is 5.91 Å². The van der Waals surface area contributed by atoms with Crippen molar-refractivity contribution in [2.24, 2.45) is 0 Å². The van der Waals surface area contributed by atoms with Gasteiger partial charge in [0.1, 0.15) is 17.1 Å². The second-order valence-electron chi connectivity index (χ2n) is 9.42. The van der Waals surface area contributed by atoms with Crippen molar-refractivity contribution in [1.82, 2.24) is 10.3 Å². The normalized spacial score (nSPS) is 14.0. The molecule has 10 heteroatoms. The molecule has 0 spiro atoms. The second kappa shape index (κ2) is 10.8. The van der Waals surface area contributed by atoms with E-state index in [1.54, 1.807) is 12.1 Å². The highest BCUT2D eigenvalue weighted by atomic mass is 35.5. The van der Waals surface area contributed by atoms with Gasteiger partial charge in [0.15, 0.2) is 0 Å². The predicted molar refractivity (Wildman–Crippen MR) is 143 cm³/mol. The Labute approximate surface area is 225 Å². The van der Waals surface area contributed by atoms with Crippen molar-refractivity contribution >= 4 is 40.9 Å². The fourth-order valence-electron chi connectivity index (χ4n) is 4.69. The molecule has 8 nitrogen and oxygen atoms in total. The third kappa shape index (κ3) is 4.93. The number of hydrogen-bond acceptors (Lipinski definition) is 6. The Bertz CT molecular complexity index is 1410. The number of rotatable bonds is 7. The van der Waals surface area contributed by atoms with Crippen LogP contribution in [0.25, 0.3) is 0 Å². The Morgan fingerprint density at radius 3 is 2.50 bits per heavy atom. The summed E-state index contributed by atoms with van der Waals surface area (Å²) in [7, 11) is 2.74.